The number of amides is 2. The van der Waals surface area contributed by atoms with Crippen molar-refractivity contribution < 1.29 is 14.3 Å². The number of hydrogen-bond donors (Lipinski definition) is 2. The lowest BCUT2D eigenvalue weighted by molar-refractivity contribution is -0.135. The fraction of sp³-hybridized carbons (Fsp3) is 0.550. The second kappa shape index (κ2) is 7.89. The van der Waals surface area contributed by atoms with Gasteiger partial charge in [-0.2, -0.15) is 0 Å². The minimum Gasteiger partial charge on any atom is -0.377 e. The highest BCUT2D eigenvalue weighted by atomic mass is 16.5. The number of aryl methyl sites for hydroxylation is 2. The van der Waals surface area contributed by atoms with Crippen LogP contribution >= 0.6 is 0 Å². The van der Waals surface area contributed by atoms with Crippen molar-refractivity contribution in [3.8, 4) is 0 Å². The van der Waals surface area contributed by atoms with E-state index in [9.17, 15) is 14.4 Å². The molecule has 1 aromatic carbocycles. The summed E-state index contributed by atoms with van der Waals surface area (Å²) in [7, 11) is 1.73. The molecule has 1 aromatic heterocycles. The number of benzene rings is 1. The number of imide groups is 1. The van der Waals surface area contributed by atoms with Crippen LogP contribution in [0, 0.1) is 0 Å². The van der Waals surface area contributed by atoms with Crippen LogP contribution in [0.1, 0.15) is 37.3 Å². The van der Waals surface area contributed by atoms with E-state index in [4.69, 9.17) is 4.74 Å². The van der Waals surface area contributed by atoms with Crippen LogP contribution in [-0.2, 0) is 27.8 Å². The van der Waals surface area contributed by atoms with Gasteiger partial charge in [-0.25, -0.2) is 4.79 Å². The Morgan fingerprint density at radius 3 is 2.82 bits per heavy atom. The zero-order valence-corrected chi connectivity index (χ0v) is 16.1. The minimum atomic E-state index is -0.651. The van der Waals surface area contributed by atoms with Crippen molar-refractivity contribution in [1.29, 1.82) is 0 Å². The predicted molar refractivity (Wildman–Crippen MR) is 104 cm³/mol. The number of carbonyl (C=O) groups is 2. The Hall–Kier alpha value is -2.45. The second-order valence-corrected chi connectivity index (χ2v) is 7.55. The highest BCUT2D eigenvalue weighted by Gasteiger charge is 2.31. The first-order chi connectivity index (χ1) is 13.6. The number of hydrogen-bond acceptors (Lipinski definition) is 5. The molecule has 2 amide bonds. The Balaban J connectivity index is 1.57. The number of nitrogens with zero attached hydrogens (tertiary/aromatic N) is 2. The van der Waals surface area contributed by atoms with Crippen LogP contribution in [0.3, 0.4) is 0 Å². The number of carbonyl (C=O) groups excluding carboxylic acids is 2. The standard InChI is InChI=1S/C20H26N4O4/c1-23-18-13(5-3-11-28-14-9-10-21-12-14)4-2-6-15(18)24(20(23)27)16-7-8-17(25)22-19(16)26/h2,4,6,14,16,21H,3,5,7-12H2,1H3,(H,22,25,26)/t14-,16?/m0/s1. The maximum absolute atomic E-state index is 12.9. The predicted octanol–water partition coefficient (Wildman–Crippen LogP) is 0.629. The molecule has 2 saturated heterocycles. The molecule has 150 valence electrons. The molecule has 1 unspecified atom stereocenters. The van der Waals surface area contributed by atoms with Gasteiger partial charge in [0.15, 0.2) is 0 Å². The van der Waals surface area contributed by atoms with Crippen molar-refractivity contribution in [3.05, 3.63) is 34.2 Å². The molecule has 28 heavy (non-hydrogen) atoms. The van der Waals surface area contributed by atoms with E-state index in [-0.39, 0.29) is 18.0 Å². The third kappa shape index (κ3) is 3.49. The number of piperidine rings is 1. The summed E-state index contributed by atoms with van der Waals surface area (Å²) in [5, 5.41) is 5.63. The van der Waals surface area contributed by atoms with Crippen molar-refractivity contribution in [3.63, 3.8) is 0 Å². The maximum Gasteiger partial charge on any atom is 0.329 e. The molecular formula is C20H26N4O4. The third-order valence-electron chi connectivity index (χ3n) is 5.67. The van der Waals surface area contributed by atoms with Gasteiger partial charge in [0.05, 0.1) is 17.1 Å². The van der Waals surface area contributed by atoms with Gasteiger partial charge in [0.1, 0.15) is 6.04 Å². The van der Waals surface area contributed by atoms with Crippen molar-refractivity contribution in [2.24, 2.45) is 7.05 Å². The van der Waals surface area contributed by atoms with Gasteiger partial charge >= 0.3 is 5.69 Å². The molecule has 3 heterocycles. The van der Waals surface area contributed by atoms with Gasteiger partial charge in [0.25, 0.3) is 0 Å². The van der Waals surface area contributed by atoms with Gasteiger partial charge in [-0.3, -0.25) is 24.0 Å². The van der Waals surface area contributed by atoms with Gasteiger partial charge in [0.2, 0.25) is 11.8 Å². The summed E-state index contributed by atoms with van der Waals surface area (Å²) < 4.78 is 9.03. The second-order valence-electron chi connectivity index (χ2n) is 7.55. The average Bonchev–Trinajstić information content (AvgIpc) is 3.28. The Kier molecular flexibility index (Phi) is 5.32. The molecule has 8 heteroatoms. The highest BCUT2D eigenvalue weighted by molar-refractivity contribution is 6.00. The number of nitrogens with one attached hydrogen (secondary N) is 2. The molecular weight excluding hydrogens is 360 g/mol. The Morgan fingerprint density at radius 1 is 1.21 bits per heavy atom. The van der Waals surface area contributed by atoms with E-state index in [1.54, 1.807) is 11.6 Å². The molecule has 0 spiro atoms. The molecule has 2 aromatic rings. The molecule has 2 N–H and O–H groups in total. The van der Waals surface area contributed by atoms with Gasteiger partial charge in [-0.05, 0) is 43.9 Å². The number of aromatic nitrogens is 2. The lowest BCUT2D eigenvalue weighted by Crippen LogP contribution is -2.44. The van der Waals surface area contributed by atoms with Gasteiger partial charge in [-0.1, -0.05) is 12.1 Å². The highest BCUT2D eigenvalue weighted by Crippen LogP contribution is 2.25. The molecule has 2 aliphatic heterocycles. The zero-order chi connectivity index (χ0) is 19.7. The van der Waals surface area contributed by atoms with E-state index >= 15 is 0 Å². The van der Waals surface area contributed by atoms with Crippen LogP contribution in [0.25, 0.3) is 11.0 Å². The molecule has 8 nitrogen and oxygen atoms in total. The van der Waals surface area contributed by atoms with Crippen LogP contribution in [0.4, 0.5) is 0 Å². The first kappa shape index (κ1) is 18.9. The van der Waals surface area contributed by atoms with E-state index in [1.807, 2.05) is 18.2 Å². The van der Waals surface area contributed by atoms with Crippen molar-refractivity contribution in [2.45, 2.75) is 44.2 Å². The van der Waals surface area contributed by atoms with E-state index in [0.29, 0.717) is 19.1 Å². The molecule has 2 atom stereocenters. The Morgan fingerprint density at radius 2 is 2.07 bits per heavy atom. The van der Waals surface area contributed by atoms with E-state index in [0.717, 1.165) is 48.9 Å². The molecule has 4 rings (SSSR count). The van der Waals surface area contributed by atoms with Crippen LogP contribution in [0.15, 0.2) is 23.0 Å². The summed E-state index contributed by atoms with van der Waals surface area (Å²) in [6.45, 7) is 2.61. The summed E-state index contributed by atoms with van der Waals surface area (Å²) in [4.78, 5) is 36.7. The molecule has 0 saturated carbocycles. The lowest BCUT2D eigenvalue weighted by Gasteiger charge is -2.22. The summed E-state index contributed by atoms with van der Waals surface area (Å²) in [5.41, 5.74) is 2.42. The van der Waals surface area contributed by atoms with Crippen molar-refractivity contribution in [1.82, 2.24) is 19.8 Å². The first-order valence-corrected chi connectivity index (χ1v) is 9.91. The van der Waals surface area contributed by atoms with Crippen LogP contribution in [0.5, 0.6) is 0 Å². The number of ether oxygens (including phenoxy) is 1. The molecule has 2 aliphatic rings. The Bertz CT molecular complexity index is 955. The lowest BCUT2D eigenvalue weighted by atomic mass is 10.0. The number of rotatable bonds is 6. The van der Waals surface area contributed by atoms with Gasteiger partial charge in [-0.15, -0.1) is 0 Å². The summed E-state index contributed by atoms with van der Waals surface area (Å²) in [6, 6.07) is 5.15. The molecule has 2 fully saturated rings. The van der Waals surface area contributed by atoms with Crippen molar-refractivity contribution >= 4 is 22.8 Å². The largest absolute Gasteiger partial charge is 0.377 e. The normalized spacial score (nSPS) is 22.8. The van der Waals surface area contributed by atoms with Gasteiger partial charge in [0, 0.05) is 26.6 Å². The summed E-state index contributed by atoms with van der Waals surface area (Å²) >= 11 is 0. The maximum atomic E-state index is 12.9. The van der Waals surface area contributed by atoms with Crippen molar-refractivity contribution in [2.75, 3.05) is 19.7 Å². The number of para-hydroxylation sites is 1. The fourth-order valence-corrected chi connectivity index (χ4v) is 4.23. The summed E-state index contributed by atoms with van der Waals surface area (Å²) in [5.74, 6) is -0.692. The van der Waals surface area contributed by atoms with Gasteiger partial charge < -0.3 is 10.1 Å². The molecule has 0 aliphatic carbocycles. The van der Waals surface area contributed by atoms with Crippen LogP contribution in [-0.4, -0.2) is 46.7 Å². The smallest absolute Gasteiger partial charge is 0.329 e. The SMILES string of the molecule is Cn1c(=O)n(C2CCC(=O)NC2=O)c2cccc(CCCO[C@H]3CCNC3)c21. The molecule has 0 radical (unpaired) electrons. The first-order valence-electron chi connectivity index (χ1n) is 9.91. The third-order valence-corrected chi connectivity index (χ3v) is 5.67. The Labute approximate surface area is 162 Å². The minimum absolute atomic E-state index is 0.231. The van der Waals surface area contributed by atoms with E-state index < -0.39 is 11.9 Å². The van der Waals surface area contributed by atoms with Crippen LogP contribution < -0.4 is 16.3 Å². The number of fused-ring (bicyclic) bond motifs is 1. The van der Waals surface area contributed by atoms with Crippen LogP contribution in [0.2, 0.25) is 0 Å². The number of imidazole rings is 1. The quantitative estimate of drug-likeness (QED) is 0.561. The van der Waals surface area contributed by atoms with E-state index in [1.165, 1.54) is 4.57 Å². The summed E-state index contributed by atoms with van der Waals surface area (Å²) in [6.07, 6.45) is 3.61. The van der Waals surface area contributed by atoms with E-state index in [2.05, 4.69) is 10.6 Å². The average molecular weight is 386 g/mol. The molecule has 0 bridgehead atoms. The fourth-order valence-electron chi connectivity index (χ4n) is 4.23. The monoisotopic (exact) mass is 386 g/mol. The zero-order valence-electron chi connectivity index (χ0n) is 16.1. The topological polar surface area (TPSA) is 94.4 Å².